The third-order valence-corrected chi connectivity index (χ3v) is 3.10. The summed E-state index contributed by atoms with van der Waals surface area (Å²) in [6.45, 7) is 5.87. The van der Waals surface area contributed by atoms with Gasteiger partial charge in [-0.15, -0.1) is 0 Å². The van der Waals surface area contributed by atoms with Crippen LogP contribution in [0.15, 0.2) is 34.7 Å². The number of benzene rings is 1. The molecule has 2 aromatic rings. The van der Waals surface area contributed by atoms with Crippen LogP contribution in [0.3, 0.4) is 0 Å². The number of carbonyl (C=O) groups is 2. The van der Waals surface area contributed by atoms with Gasteiger partial charge in [0.05, 0.1) is 17.7 Å². The molecule has 116 valence electrons. The van der Waals surface area contributed by atoms with Crippen LogP contribution >= 0.6 is 0 Å². The van der Waals surface area contributed by atoms with Crippen molar-refractivity contribution in [3.05, 3.63) is 53.0 Å². The number of nitrogens with one attached hydrogen (secondary N) is 1. The Morgan fingerprint density at radius 2 is 1.86 bits per heavy atom. The van der Waals surface area contributed by atoms with Gasteiger partial charge in [0, 0.05) is 5.69 Å². The van der Waals surface area contributed by atoms with Gasteiger partial charge < -0.3 is 14.5 Å². The van der Waals surface area contributed by atoms with Crippen molar-refractivity contribution in [2.75, 3.05) is 11.9 Å². The van der Waals surface area contributed by atoms with Gasteiger partial charge in [-0.1, -0.05) is 6.92 Å². The highest BCUT2D eigenvalue weighted by Crippen LogP contribution is 2.17. The zero-order valence-corrected chi connectivity index (χ0v) is 12.9. The first-order chi connectivity index (χ1) is 10.5. The highest BCUT2D eigenvalue weighted by atomic mass is 16.5. The second kappa shape index (κ2) is 6.93. The van der Waals surface area contributed by atoms with Gasteiger partial charge in [-0.3, -0.25) is 4.79 Å². The van der Waals surface area contributed by atoms with E-state index >= 15 is 0 Å². The summed E-state index contributed by atoms with van der Waals surface area (Å²) < 4.78 is 10.4. The van der Waals surface area contributed by atoms with Gasteiger partial charge in [-0.25, -0.2) is 4.79 Å². The number of rotatable bonds is 5. The van der Waals surface area contributed by atoms with Gasteiger partial charge in [0.15, 0.2) is 0 Å². The molecule has 1 N–H and O–H groups in total. The molecular formula is C17H19NO4. The number of anilines is 1. The summed E-state index contributed by atoms with van der Waals surface area (Å²) in [5.74, 6) is 0.670. The molecule has 1 aromatic carbocycles. The minimum absolute atomic E-state index is 0.240. The van der Waals surface area contributed by atoms with Crippen molar-refractivity contribution in [3.8, 4) is 0 Å². The van der Waals surface area contributed by atoms with Gasteiger partial charge in [0.25, 0.3) is 5.91 Å². The van der Waals surface area contributed by atoms with E-state index in [0.717, 1.165) is 6.42 Å². The van der Waals surface area contributed by atoms with Gasteiger partial charge >= 0.3 is 5.97 Å². The molecule has 0 radical (unpaired) electrons. The number of aryl methyl sites for hydroxylation is 2. The zero-order chi connectivity index (χ0) is 16.1. The highest BCUT2D eigenvalue weighted by Gasteiger charge is 2.14. The smallest absolute Gasteiger partial charge is 0.338 e. The van der Waals surface area contributed by atoms with Crippen LogP contribution in [0.2, 0.25) is 0 Å². The van der Waals surface area contributed by atoms with Crippen LogP contribution in [0.1, 0.15) is 45.6 Å². The third kappa shape index (κ3) is 3.75. The molecule has 1 heterocycles. The average Bonchev–Trinajstić information content (AvgIpc) is 2.84. The molecule has 0 spiro atoms. The van der Waals surface area contributed by atoms with Crippen LogP contribution in [0, 0.1) is 13.8 Å². The van der Waals surface area contributed by atoms with E-state index in [1.807, 2.05) is 6.92 Å². The molecule has 5 nitrogen and oxygen atoms in total. The fourth-order valence-corrected chi connectivity index (χ4v) is 2.02. The van der Waals surface area contributed by atoms with Crippen LogP contribution in [0.25, 0.3) is 0 Å². The molecule has 0 saturated carbocycles. The Kier molecular flexibility index (Phi) is 4.99. The Labute approximate surface area is 129 Å². The lowest BCUT2D eigenvalue weighted by Gasteiger charge is -2.06. The van der Waals surface area contributed by atoms with Gasteiger partial charge in [0.1, 0.15) is 11.5 Å². The Bertz CT molecular complexity index is 670. The lowest BCUT2D eigenvalue weighted by atomic mass is 10.2. The van der Waals surface area contributed by atoms with Crippen molar-refractivity contribution < 1.29 is 18.7 Å². The number of esters is 1. The summed E-state index contributed by atoms with van der Waals surface area (Å²) in [5.41, 5.74) is 1.57. The van der Waals surface area contributed by atoms with Crippen LogP contribution in [0.4, 0.5) is 5.69 Å². The van der Waals surface area contributed by atoms with E-state index in [1.165, 1.54) is 0 Å². The van der Waals surface area contributed by atoms with E-state index in [1.54, 1.807) is 44.2 Å². The summed E-state index contributed by atoms with van der Waals surface area (Å²) >= 11 is 0. The molecule has 2 rings (SSSR count). The first-order valence-corrected chi connectivity index (χ1v) is 7.17. The molecule has 1 amide bonds. The fourth-order valence-electron chi connectivity index (χ4n) is 2.02. The zero-order valence-electron chi connectivity index (χ0n) is 12.9. The Balaban J connectivity index is 2.03. The summed E-state index contributed by atoms with van der Waals surface area (Å²) in [5, 5.41) is 2.77. The van der Waals surface area contributed by atoms with Gasteiger partial charge in [-0.2, -0.15) is 0 Å². The molecule has 0 aliphatic rings. The van der Waals surface area contributed by atoms with E-state index in [2.05, 4.69) is 5.32 Å². The standard InChI is InChI=1S/C17H19NO4/c1-4-9-21-17(20)13-5-7-14(8-6-13)18-16(19)15-10-11(2)22-12(15)3/h5-8,10H,4,9H2,1-3H3,(H,18,19). The molecule has 22 heavy (non-hydrogen) atoms. The Morgan fingerprint density at radius 3 is 2.41 bits per heavy atom. The summed E-state index contributed by atoms with van der Waals surface area (Å²) in [6, 6.07) is 8.29. The molecule has 5 heteroatoms. The lowest BCUT2D eigenvalue weighted by Crippen LogP contribution is -2.12. The molecular weight excluding hydrogens is 282 g/mol. The van der Waals surface area contributed by atoms with Crippen LogP contribution in [0.5, 0.6) is 0 Å². The number of hydrogen-bond donors (Lipinski definition) is 1. The molecule has 0 saturated heterocycles. The third-order valence-electron chi connectivity index (χ3n) is 3.10. The first-order valence-electron chi connectivity index (χ1n) is 7.17. The van der Waals surface area contributed by atoms with E-state index in [0.29, 0.717) is 34.9 Å². The second-order valence-electron chi connectivity index (χ2n) is 4.99. The van der Waals surface area contributed by atoms with Crippen molar-refractivity contribution >= 4 is 17.6 Å². The topological polar surface area (TPSA) is 68.5 Å². The van der Waals surface area contributed by atoms with Crippen molar-refractivity contribution in [1.29, 1.82) is 0 Å². The summed E-state index contributed by atoms with van der Waals surface area (Å²) in [7, 11) is 0. The average molecular weight is 301 g/mol. The van der Waals surface area contributed by atoms with Crippen molar-refractivity contribution in [2.45, 2.75) is 27.2 Å². The molecule has 0 atom stereocenters. The molecule has 0 bridgehead atoms. The van der Waals surface area contributed by atoms with Gasteiger partial charge in [-0.05, 0) is 50.6 Å². The van der Waals surface area contributed by atoms with Crippen LogP contribution in [-0.2, 0) is 4.74 Å². The van der Waals surface area contributed by atoms with Crippen LogP contribution < -0.4 is 5.32 Å². The molecule has 0 aliphatic heterocycles. The molecule has 0 unspecified atom stereocenters. The maximum atomic E-state index is 12.1. The van der Waals surface area contributed by atoms with E-state index in [-0.39, 0.29) is 11.9 Å². The quantitative estimate of drug-likeness (QED) is 0.855. The minimum Gasteiger partial charge on any atom is -0.466 e. The molecule has 0 aliphatic carbocycles. The van der Waals surface area contributed by atoms with Crippen molar-refractivity contribution in [2.24, 2.45) is 0 Å². The van der Waals surface area contributed by atoms with E-state index < -0.39 is 0 Å². The number of ether oxygens (including phenoxy) is 1. The monoisotopic (exact) mass is 301 g/mol. The first kappa shape index (κ1) is 15.8. The van der Waals surface area contributed by atoms with Gasteiger partial charge in [0.2, 0.25) is 0 Å². The van der Waals surface area contributed by atoms with E-state index in [9.17, 15) is 9.59 Å². The molecule has 1 aromatic heterocycles. The highest BCUT2D eigenvalue weighted by molar-refractivity contribution is 6.05. The number of amides is 1. The van der Waals surface area contributed by atoms with Crippen molar-refractivity contribution in [3.63, 3.8) is 0 Å². The largest absolute Gasteiger partial charge is 0.466 e. The van der Waals surface area contributed by atoms with Crippen molar-refractivity contribution in [1.82, 2.24) is 0 Å². The number of furan rings is 1. The molecule has 0 fully saturated rings. The number of carbonyl (C=O) groups excluding carboxylic acids is 2. The minimum atomic E-state index is -0.360. The normalized spacial score (nSPS) is 10.3. The predicted molar refractivity (Wildman–Crippen MR) is 83.2 cm³/mol. The maximum absolute atomic E-state index is 12.1. The maximum Gasteiger partial charge on any atom is 0.338 e. The van der Waals surface area contributed by atoms with E-state index in [4.69, 9.17) is 9.15 Å². The predicted octanol–water partition coefficient (Wildman–Crippen LogP) is 3.72. The Morgan fingerprint density at radius 1 is 1.18 bits per heavy atom. The Hall–Kier alpha value is -2.56. The van der Waals surface area contributed by atoms with Crippen LogP contribution in [-0.4, -0.2) is 18.5 Å². The second-order valence-corrected chi connectivity index (χ2v) is 4.99. The fraction of sp³-hybridized carbons (Fsp3) is 0.294. The lowest BCUT2D eigenvalue weighted by molar-refractivity contribution is 0.0505. The number of hydrogen-bond acceptors (Lipinski definition) is 4. The SMILES string of the molecule is CCCOC(=O)c1ccc(NC(=O)c2cc(C)oc2C)cc1. The summed E-state index contributed by atoms with van der Waals surface area (Å²) in [6.07, 6.45) is 0.781. The summed E-state index contributed by atoms with van der Waals surface area (Å²) in [4.78, 5) is 23.8.